The van der Waals surface area contributed by atoms with Gasteiger partial charge in [0.25, 0.3) is 0 Å². The van der Waals surface area contributed by atoms with Crippen LogP contribution in [0.25, 0.3) is 0 Å². The highest BCUT2D eigenvalue weighted by atomic mass is 79.9. The predicted octanol–water partition coefficient (Wildman–Crippen LogP) is 4.51. The fourth-order valence-electron chi connectivity index (χ4n) is 0.889. The van der Waals surface area contributed by atoms with E-state index in [0.717, 1.165) is 26.8 Å². The van der Waals surface area contributed by atoms with Crippen LogP contribution in [0.2, 0.25) is 0 Å². The summed E-state index contributed by atoms with van der Waals surface area (Å²) in [4.78, 5) is 1.20. The van der Waals surface area contributed by atoms with Crippen LogP contribution in [0.5, 0.6) is 0 Å². The van der Waals surface area contributed by atoms with Crippen molar-refractivity contribution in [3.8, 4) is 0 Å². The van der Waals surface area contributed by atoms with Crippen molar-refractivity contribution >= 4 is 60.9 Å². The molecule has 5 heteroatoms. The summed E-state index contributed by atoms with van der Waals surface area (Å²) in [6, 6.07) is 4.05. The molecule has 1 aromatic rings. The minimum atomic E-state index is 0.713. The normalized spacial score (nSPS) is 10.5. The molecule has 0 saturated carbocycles. The highest BCUT2D eigenvalue weighted by molar-refractivity contribution is 9.11. The molecular weight excluding hydrogens is 349 g/mol. The summed E-state index contributed by atoms with van der Waals surface area (Å²) in [5.74, 6) is 1.75. The molecule has 0 bridgehead atoms. The van der Waals surface area contributed by atoms with Gasteiger partial charge in [-0.15, -0.1) is 23.4 Å². The molecule has 0 radical (unpaired) electrons. The van der Waals surface area contributed by atoms with E-state index in [1.54, 1.807) is 11.8 Å². The Morgan fingerprint density at radius 2 is 1.86 bits per heavy atom. The molecule has 14 heavy (non-hydrogen) atoms. The number of hydrogen-bond donors (Lipinski definition) is 1. The van der Waals surface area contributed by atoms with Gasteiger partial charge in [0.05, 0.1) is 5.69 Å². The lowest BCUT2D eigenvalue weighted by molar-refractivity contribution is 1.11. The molecule has 0 unspecified atom stereocenters. The number of hydrogen-bond acceptors (Lipinski definition) is 2. The van der Waals surface area contributed by atoms with Crippen molar-refractivity contribution in [1.82, 2.24) is 0 Å². The van der Waals surface area contributed by atoms with E-state index in [-0.39, 0.29) is 0 Å². The Kier molecular flexibility index (Phi) is 5.67. The van der Waals surface area contributed by atoms with E-state index in [1.807, 2.05) is 12.1 Å². The number of halogens is 3. The molecule has 0 aliphatic carbocycles. The first-order valence-electron chi connectivity index (χ1n) is 4.08. The van der Waals surface area contributed by atoms with Crippen LogP contribution in [0.3, 0.4) is 0 Å². The molecule has 1 aromatic carbocycles. The van der Waals surface area contributed by atoms with Crippen molar-refractivity contribution in [3.05, 3.63) is 21.1 Å². The van der Waals surface area contributed by atoms with E-state index in [1.165, 1.54) is 4.90 Å². The first-order chi connectivity index (χ1) is 6.65. The van der Waals surface area contributed by atoms with Gasteiger partial charge in [-0.3, -0.25) is 0 Å². The molecule has 0 aromatic heterocycles. The predicted molar refractivity (Wildman–Crippen MR) is 72.3 cm³/mol. The Balaban J connectivity index is 2.69. The van der Waals surface area contributed by atoms with Gasteiger partial charge >= 0.3 is 0 Å². The quantitative estimate of drug-likeness (QED) is 0.370. The minimum absolute atomic E-state index is 0.713. The molecule has 0 aliphatic heterocycles. The SMILES string of the molecule is Nc1c(Br)cc(SCCCCl)cc1Br. The average molecular weight is 360 g/mol. The van der Waals surface area contributed by atoms with Crippen LogP contribution in [0.1, 0.15) is 6.42 Å². The molecule has 0 fully saturated rings. The molecule has 1 rings (SSSR count). The van der Waals surface area contributed by atoms with Gasteiger partial charge in [0.2, 0.25) is 0 Å². The molecule has 0 spiro atoms. The third kappa shape index (κ3) is 3.65. The third-order valence-corrected chi connectivity index (χ3v) is 4.24. The summed E-state index contributed by atoms with van der Waals surface area (Å²) >= 11 is 14.2. The Hall–Kier alpha value is 0.620. The van der Waals surface area contributed by atoms with Crippen LogP contribution < -0.4 is 5.73 Å². The molecule has 0 saturated heterocycles. The molecule has 2 N–H and O–H groups in total. The van der Waals surface area contributed by atoms with Gasteiger partial charge in [-0.2, -0.15) is 0 Å². The average Bonchev–Trinajstić information content (AvgIpc) is 2.14. The zero-order chi connectivity index (χ0) is 10.6. The topological polar surface area (TPSA) is 26.0 Å². The Labute approximate surface area is 110 Å². The Morgan fingerprint density at radius 3 is 2.36 bits per heavy atom. The summed E-state index contributed by atoms with van der Waals surface area (Å²) in [7, 11) is 0. The third-order valence-electron chi connectivity index (χ3n) is 1.60. The van der Waals surface area contributed by atoms with Crippen molar-refractivity contribution in [3.63, 3.8) is 0 Å². The van der Waals surface area contributed by atoms with Gasteiger partial charge in [-0.05, 0) is 56.2 Å². The van der Waals surface area contributed by atoms with Gasteiger partial charge in [-0.25, -0.2) is 0 Å². The van der Waals surface area contributed by atoms with Crippen LogP contribution in [0, 0.1) is 0 Å². The summed E-state index contributed by atoms with van der Waals surface area (Å²) < 4.78 is 1.86. The molecule has 78 valence electrons. The van der Waals surface area contributed by atoms with Crippen LogP contribution in [0.4, 0.5) is 5.69 Å². The van der Waals surface area contributed by atoms with Gasteiger partial charge in [0.15, 0.2) is 0 Å². The summed E-state index contributed by atoms with van der Waals surface area (Å²) in [5, 5.41) is 0. The van der Waals surface area contributed by atoms with Gasteiger partial charge < -0.3 is 5.73 Å². The Morgan fingerprint density at radius 1 is 1.29 bits per heavy atom. The smallest absolute Gasteiger partial charge is 0.0603 e. The van der Waals surface area contributed by atoms with Crippen LogP contribution in [-0.2, 0) is 0 Å². The summed E-state index contributed by atoms with van der Waals surface area (Å²) in [6.45, 7) is 0. The zero-order valence-electron chi connectivity index (χ0n) is 7.40. The van der Waals surface area contributed by atoms with E-state index in [4.69, 9.17) is 17.3 Å². The molecule has 0 amide bonds. The lowest BCUT2D eigenvalue weighted by atomic mass is 10.3. The minimum Gasteiger partial charge on any atom is -0.397 e. The van der Waals surface area contributed by atoms with Crippen molar-refractivity contribution < 1.29 is 0 Å². The molecule has 0 aliphatic rings. The second kappa shape index (κ2) is 6.26. The molecule has 0 atom stereocenters. The van der Waals surface area contributed by atoms with Crippen molar-refractivity contribution in [1.29, 1.82) is 0 Å². The van der Waals surface area contributed by atoms with Crippen molar-refractivity contribution in [2.45, 2.75) is 11.3 Å². The maximum atomic E-state index is 5.78. The maximum absolute atomic E-state index is 5.78. The van der Waals surface area contributed by atoms with Gasteiger partial charge in [-0.1, -0.05) is 0 Å². The maximum Gasteiger partial charge on any atom is 0.0603 e. The number of anilines is 1. The van der Waals surface area contributed by atoms with E-state index in [2.05, 4.69) is 31.9 Å². The number of rotatable bonds is 4. The second-order valence-corrected chi connectivity index (χ2v) is 5.95. The summed E-state index contributed by atoms with van der Waals surface area (Å²) in [5.41, 5.74) is 6.52. The summed E-state index contributed by atoms with van der Waals surface area (Å²) in [6.07, 6.45) is 1.02. The molecule has 0 heterocycles. The van der Waals surface area contributed by atoms with E-state index < -0.39 is 0 Å². The highest BCUT2D eigenvalue weighted by Gasteiger charge is 2.04. The first-order valence-corrected chi connectivity index (χ1v) is 7.19. The lowest BCUT2D eigenvalue weighted by Gasteiger charge is -2.05. The van der Waals surface area contributed by atoms with Gasteiger partial charge in [0.1, 0.15) is 0 Å². The highest BCUT2D eigenvalue weighted by Crippen LogP contribution is 2.33. The zero-order valence-corrected chi connectivity index (χ0v) is 12.1. The number of nitrogen functional groups attached to an aromatic ring is 1. The fraction of sp³-hybridized carbons (Fsp3) is 0.333. The largest absolute Gasteiger partial charge is 0.397 e. The molecule has 1 nitrogen and oxygen atoms in total. The van der Waals surface area contributed by atoms with Crippen LogP contribution >= 0.6 is 55.2 Å². The lowest BCUT2D eigenvalue weighted by Crippen LogP contribution is -1.89. The monoisotopic (exact) mass is 357 g/mol. The van der Waals surface area contributed by atoms with E-state index in [0.29, 0.717) is 5.88 Å². The van der Waals surface area contributed by atoms with E-state index >= 15 is 0 Å². The number of thioether (sulfide) groups is 1. The van der Waals surface area contributed by atoms with Crippen molar-refractivity contribution in [2.75, 3.05) is 17.4 Å². The number of alkyl halides is 1. The first kappa shape index (κ1) is 12.7. The van der Waals surface area contributed by atoms with Crippen LogP contribution in [0.15, 0.2) is 26.0 Å². The van der Waals surface area contributed by atoms with Gasteiger partial charge in [0, 0.05) is 19.7 Å². The number of benzene rings is 1. The number of nitrogens with two attached hydrogens (primary N) is 1. The van der Waals surface area contributed by atoms with Crippen LogP contribution in [-0.4, -0.2) is 11.6 Å². The van der Waals surface area contributed by atoms with E-state index in [9.17, 15) is 0 Å². The molecular formula is C9H10Br2ClNS. The second-order valence-electron chi connectivity index (χ2n) is 2.69. The van der Waals surface area contributed by atoms with Crippen molar-refractivity contribution in [2.24, 2.45) is 0 Å². The standard InChI is InChI=1S/C9H10Br2ClNS/c10-7-4-6(14-3-1-2-12)5-8(11)9(7)13/h4-5H,1-3,13H2. The fourth-order valence-corrected chi connectivity index (χ4v) is 3.60. The Bertz CT molecular complexity index is 297.